The van der Waals surface area contributed by atoms with Gasteiger partial charge in [0.15, 0.2) is 0 Å². The smallest absolute Gasteiger partial charge is 0.0993 e. The predicted octanol–water partition coefficient (Wildman–Crippen LogP) is 1.91. The summed E-state index contributed by atoms with van der Waals surface area (Å²) in [5.41, 5.74) is 2.39. The average molecular weight is 124 g/mol. The topological polar surface area (TPSA) is 9.23 Å². The van der Waals surface area contributed by atoms with Crippen molar-refractivity contribution in [1.29, 1.82) is 0 Å². The first-order chi connectivity index (χ1) is 4.22. The lowest BCUT2D eigenvalue weighted by atomic mass is 10.1. The zero-order valence-corrected chi connectivity index (χ0v) is 5.98. The standard InChI is InChI=1S/C8H12O/c1-6(2)8-7(3)4-5-9-8/h4,8H,1,5H2,2-3H3. The Hall–Kier alpha value is -0.560. The van der Waals surface area contributed by atoms with Gasteiger partial charge in [0.25, 0.3) is 0 Å². The van der Waals surface area contributed by atoms with Crippen LogP contribution >= 0.6 is 0 Å². The summed E-state index contributed by atoms with van der Waals surface area (Å²) in [6.07, 6.45) is 2.30. The number of hydrogen-bond donors (Lipinski definition) is 0. The van der Waals surface area contributed by atoms with Crippen LogP contribution in [0.2, 0.25) is 0 Å². The molecular formula is C8H12O. The van der Waals surface area contributed by atoms with Crippen LogP contribution in [0.25, 0.3) is 0 Å². The molecule has 0 aromatic heterocycles. The molecular weight excluding hydrogens is 112 g/mol. The molecule has 0 fully saturated rings. The Bertz CT molecular complexity index is 156. The first-order valence-electron chi connectivity index (χ1n) is 3.15. The van der Waals surface area contributed by atoms with Crippen molar-refractivity contribution in [1.82, 2.24) is 0 Å². The molecule has 1 aliphatic rings. The first kappa shape index (κ1) is 6.56. The Balaban J connectivity index is 2.63. The van der Waals surface area contributed by atoms with Gasteiger partial charge in [-0.15, -0.1) is 0 Å². The zero-order chi connectivity index (χ0) is 6.85. The van der Waals surface area contributed by atoms with Gasteiger partial charge in [0.1, 0.15) is 0 Å². The van der Waals surface area contributed by atoms with E-state index in [9.17, 15) is 0 Å². The summed E-state index contributed by atoms with van der Waals surface area (Å²) < 4.78 is 5.33. The maximum Gasteiger partial charge on any atom is 0.0993 e. The molecule has 0 N–H and O–H groups in total. The fourth-order valence-corrected chi connectivity index (χ4v) is 1.05. The molecule has 1 nitrogen and oxygen atoms in total. The Morgan fingerprint density at radius 1 is 1.89 bits per heavy atom. The molecule has 0 saturated heterocycles. The molecule has 0 saturated carbocycles. The van der Waals surface area contributed by atoms with Gasteiger partial charge in [-0.1, -0.05) is 12.7 Å². The maximum atomic E-state index is 5.33. The van der Waals surface area contributed by atoms with Crippen LogP contribution in [0.5, 0.6) is 0 Å². The van der Waals surface area contributed by atoms with E-state index in [4.69, 9.17) is 4.74 Å². The van der Waals surface area contributed by atoms with Gasteiger partial charge in [-0.2, -0.15) is 0 Å². The second-order valence-electron chi connectivity index (χ2n) is 2.51. The zero-order valence-electron chi connectivity index (χ0n) is 5.98. The van der Waals surface area contributed by atoms with Crippen molar-refractivity contribution >= 4 is 0 Å². The molecule has 0 aromatic rings. The molecule has 0 bridgehead atoms. The molecule has 0 aromatic carbocycles. The largest absolute Gasteiger partial charge is 0.365 e. The second-order valence-corrected chi connectivity index (χ2v) is 2.51. The molecule has 0 amide bonds. The minimum Gasteiger partial charge on any atom is -0.365 e. The molecule has 1 atom stereocenters. The number of rotatable bonds is 1. The summed E-state index contributed by atoms with van der Waals surface area (Å²) in [5, 5.41) is 0. The van der Waals surface area contributed by atoms with Crippen LogP contribution < -0.4 is 0 Å². The molecule has 50 valence electrons. The van der Waals surface area contributed by atoms with E-state index < -0.39 is 0 Å². The van der Waals surface area contributed by atoms with Crippen LogP contribution in [0.3, 0.4) is 0 Å². The van der Waals surface area contributed by atoms with Crippen LogP contribution in [0, 0.1) is 0 Å². The third-order valence-corrected chi connectivity index (χ3v) is 1.53. The summed E-state index contributed by atoms with van der Waals surface area (Å²) in [7, 11) is 0. The molecule has 1 heteroatoms. The number of hydrogen-bond acceptors (Lipinski definition) is 1. The minimum atomic E-state index is 0.199. The molecule has 1 aliphatic heterocycles. The van der Waals surface area contributed by atoms with Crippen LogP contribution in [-0.2, 0) is 4.74 Å². The monoisotopic (exact) mass is 124 g/mol. The van der Waals surface area contributed by atoms with Crippen LogP contribution in [0.4, 0.5) is 0 Å². The van der Waals surface area contributed by atoms with E-state index in [0.29, 0.717) is 0 Å². The lowest BCUT2D eigenvalue weighted by Crippen LogP contribution is -2.08. The summed E-state index contributed by atoms with van der Waals surface area (Å²) >= 11 is 0. The molecule has 1 heterocycles. The third kappa shape index (κ3) is 1.22. The molecule has 1 rings (SSSR count). The highest BCUT2D eigenvalue weighted by atomic mass is 16.5. The van der Waals surface area contributed by atoms with Gasteiger partial charge in [0.05, 0.1) is 12.7 Å². The van der Waals surface area contributed by atoms with Crippen molar-refractivity contribution < 1.29 is 4.74 Å². The van der Waals surface area contributed by atoms with Gasteiger partial charge < -0.3 is 4.74 Å². The SMILES string of the molecule is C=C(C)C1OCC=C1C. The van der Waals surface area contributed by atoms with E-state index in [2.05, 4.69) is 19.6 Å². The van der Waals surface area contributed by atoms with E-state index in [1.165, 1.54) is 5.57 Å². The summed E-state index contributed by atoms with van der Waals surface area (Å²) in [6.45, 7) is 8.64. The second kappa shape index (κ2) is 2.36. The van der Waals surface area contributed by atoms with Crippen LogP contribution in [-0.4, -0.2) is 12.7 Å². The lowest BCUT2D eigenvalue weighted by Gasteiger charge is -2.10. The van der Waals surface area contributed by atoms with Crippen molar-refractivity contribution in [2.75, 3.05) is 6.61 Å². The van der Waals surface area contributed by atoms with Gasteiger partial charge in [-0.3, -0.25) is 0 Å². The number of ether oxygens (including phenoxy) is 1. The fourth-order valence-electron chi connectivity index (χ4n) is 1.05. The Labute approximate surface area is 56.0 Å². The van der Waals surface area contributed by atoms with Crippen LogP contribution in [0.1, 0.15) is 13.8 Å². The third-order valence-electron chi connectivity index (χ3n) is 1.53. The van der Waals surface area contributed by atoms with Crippen molar-refractivity contribution in [3.63, 3.8) is 0 Å². The molecule has 9 heavy (non-hydrogen) atoms. The minimum absolute atomic E-state index is 0.199. The highest BCUT2D eigenvalue weighted by Crippen LogP contribution is 2.18. The fraction of sp³-hybridized carbons (Fsp3) is 0.500. The summed E-state index contributed by atoms with van der Waals surface area (Å²) in [6, 6.07) is 0. The molecule has 1 unspecified atom stereocenters. The Kier molecular flexibility index (Phi) is 1.72. The van der Waals surface area contributed by atoms with Crippen molar-refractivity contribution in [3.05, 3.63) is 23.8 Å². The van der Waals surface area contributed by atoms with E-state index in [1.54, 1.807) is 0 Å². The Morgan fingerprint density at radius 2 is 2.56 bits per heavy atom. The predicted molar refractivity (Wildman–Crippen MR) is 38.3 cm³/mol. The molecule has 0 aliphatic carbocycles. The van der Waals surface area contributed by atoms with Crippen molar-refractivity contribution in [2.45, 2.75) is 20.0 Å². The normalized spacial score (nSPS) is 26.0. The van der Waals surface area contributed by atoms with Crippen molar-refractivity contribution in [3.8, 4) is 0 Å². The van der Waals surface area contributed by atoms with Gasteiger partial charge in [0.2, 0.25) is 0 Å². The van der Waals surface area contributed by atoms with Gasteiger partial charge in [-0.25, -0.2) is 0 Å². The quantitative estimate of drug-likeness (QED) is 0.485. The van der Waals surface area contributed by atoms with E-state index in [1.807, 2.05) is 6.92 Å². The lowest BCUT2D eigenvalue weighted by molar-refractivity contribution is 0.148. The van der Waals surface area contributed by atoms with Gasteiger partial charge >= 0.3 is 0 Å². The highest BCUT2D eigenvalue weighted by Gasteiger charge is 2.15. The van der Waals surface area contributed by atoms with E-state index in [0.717, 1.165) is 12.2 Å². The summed E-state index contributed by atoms with van der Waals surface area (Å²) in [5.74, 6) is 0. The molecule has 0 radical (unpaired) electrons. The van der Waals surface area contributed by atoms with Crippen molar-refractivity contribution in [2.24, 2.45) is 0 Å². The average Bonchev–Trinajstić information content (AvgIpc) is 2.13. The van der Waals surface area contributed by atoms with E-state index in [-0.39, 0.29) is 6.10 Å². The van der Waals surface area contributed by atoms with Gasteiger partial charge in [0, 0.05) is 0 Å². The summed E-state index contributed by atoms with van der Waals surface area (Å²) in [4.78, 5) is 0. The van der Waals surface area contributed by atoms with E-state index >= 15 is 0 Å². The highest BCUT2D eigenvalue weighted by molar-refractivity contribution is 5.21. The first-order valence-corrected chi connectivity index (χ1v) is 3.15. The Morgan fingerprint density at radius 3 is 2.78 bits per heavy atom. The molecule has 0 spiro atoms. The van der Waals surface area contributed by atoms with Gasteiger partial charge in [-0.05, 0) is 25.0 Å². The van der Waals surface area contributed by atoms with Crippen LogP contribution in [0.15, 0.2) is 23.8 Å². The maximum absolute atomic E-state index is 5.33.